The van der Waals surface area contributed by atoms with Gasteiger partial charge in [-0.2, -0.15) is 0 Å². The van der Waals surface area contributed by atoms with Crippen LogP contribution in [0.25, 0.3) is 11.0 Å². The van der Waals surface area contributed by atoms with Gasteiger partial charge in [0.15, 0.2) is 6.23 Å². The Balaban J connectivity index is 1.86. The fourth-order valence-electron chi connectivity index (χ4n) is 2.54. The fraction of sp³-hybridized carbons (Fsp3) is 0.500. The second kappa shape index (κ2) is 6.13. The number of fused-ring (bicyclic) bond motifs is 1. The summed E-state index contributed by atoms with van der Waals surface area (Å²) in [7, 11) is -2.54. The van der Waals surface area contributed by atoms with Crippen LogP contribution in [0.2, 0.25) is 0 Å². The minimum absolute atomic E-state index is 0.235. The third-order valence-corrected chi connectivity index (χ3v) is 4.05. The summed E-state index contributed by atoms with van der Waals surface area (Å²) in [5.74, 6) is 0. The molecule has 0 spiro atoms. The van der Waals surface area contributed by atoms with Gasteiger partial charge in [0.1, 0.15) is 30.3 Å². The maximum atomic E-state index is 10.2. The van der Waals surface area contributed by atoms with Crippen LogP contribution in [-0.2, 0) is 9.26 Å². The molecule has 3 heterocycles. The van der Waals surface area contributed by atoms with Crippen LogP contribution in [0.3, 0.4) is 0 Å². The van der Waals surface area contributed by atoms with Crippen molar-refractivity contribution >= 4 is 19.6 Å². The fourth-order valence-corrected chi connectivity index (χ4v) is 2.82. The number of aromatic nitrogens is 3. The first-order valence-corrected chi connectivity index (χ1v) is 7.76. The van der Waals surface area contributed by atoms with Crippen LogP contribution >= 0.6 is 8.60 Å². The number of hydrogen-bond donors (Lipinski definition) is 4. The van der Waals surface area contributed by atoms with Crippen molar-refractivity contribution < 1.29 is 29.3 Å². The van der Waals surface area contributed by atoms with Crippen molar-refractivity contribution in [2.75, 3.05) is 6.61 Å². The molecule has 120 valence electrons. The number of nitrogens with zero attached hydrogens (tertiary/aromatic N) is 3. The number of hydrogen-bond acceptors (Lipinski definition) is 8. The summed E-state index contributed by atoms with van der Waals surface area (Å²) < 4.78 is 11.9. The average Bonchev–Trinajstić information content (AvgIpc) is 3.01. The minimum atomic E-state index is -2.54. The smallest absolute Gasteiger partial charge is 0.327 e. The molecule has 2 aromatic rings. The Bertz CT molecular complexity index is 665. The highest BCUT2D eigenvalue weighted by atomic mass is 31.2. The van der Waals surface area contributed by atoms with E-state index >= 15 is 0 Å². The Kier molecular flexibility index (Phi) is 4.37. The maximum Gasteiger partial charge on any atom is 0.327 e. The number of aliphatic hydroxyl groups excluding tert-OH is 2. The molecule has 3 rings (SSSR count). The molecule has 0 amide bonds. The van der Waals surface area contributed by atoms with Crippen LogP contribution in [0.4, 0.5) is 0 Å². The molecular weight excluding hydrogens is 313 g/mol. The Hall–Kier alpha value is -1.19. The molecule has 0 bridgehead atoms. The molecule has 4 N–H and O–H groups in total. The third kappa shape index (κ3) is 2.72. The first-order valence-electron chi connectivity index (χ1n) is 6.59. The standard InChI is InChI=1S/C12H16N3O6P/c1-6-7-2-3-15(11(7)14-5-13-6)12-10(17)9(16)8(21-12)4-20-22(18)19/h2-3,5,8-10,12,16-19H,4H2,1H3/t8-,9-,10-,12-/m1/s1. The second-order valence-electron chi connectivity index (χ2n) is 5.01. The summed E-state index contributed by atoms with van der Waals surface area (Å²) >= 11 is 0. The van der Waals surface area contributed by atoms with Crippen LogP contribution in [0.15, 0.2) is 18.6 Å². The van der Waals surface area contributed by atoms with Crippen molar-refractivity contribution in [1.82, 2.24) is 14.5 Å². The molecule has 10 heteroatoms. The van der Waals surface area contributed by atoms with Crippen LogP contribution in [0.1, 0.15) is 11.9 Å². The van der Waals surface area contributed by atoms with Gasteiger partial charge in [0.2, 0.25) is 0 Å². The van der Waals surface area contributed by atoms with E-state index in [1.807, 2.05) is 6.92 Å². The normalized spacial score (nSPS) is 28.8. The molecule has 0 aliphatic carbocycles. The Morgan fingerprint density at radius 3 is 2.82 bits per heavy atom. The molecule has 22 heavy (non-hydrogen) atoms. The summed E-state index contributed by atoms with van der Waals surface area (Å²) in [5, 5.41) is 21.0. The lowest BCUT2D eigenvalue weighted by atomic mass is 10.1. The second-order valence-corrected chi connectivity index (χ2v) is 5.78. The largest absolute Gasteiger partial charge is 0.387 e. The summed E-state index contributed by atoms with van der Waals surface area (Å²) in [6.45, 7) is 1.61. The van der Waals surface area contributed by atoms with Crippen LogP contribution in [-0.4, -0.2) is 59.5 Å². The zero-order valence-corrected chi connectivity index (χ0v) is 12.5. The summed E-state index contributed by atoms with van der Waals surface area (Å²) in [4.78, 5) is 25.8. The summed E-state index contributed by atoms with van der Waals surface area (Å²) in [6, 6.07) is 1.80. The van der Waals surface area contributed by atoms with E-state index in [9.17, 15) is 10.2 Å². The molecule has 1 aliphatic rings. The van der Waals surface area contributed by atoms with Gasteiger partial charge in [-0.05, 0) is 13.0 Å². The molecule has 2 aromatic heterocycles. The first-order chi connectivity index (χ1) is 10.5. The predicted molar refractivity (Wildman–Crippen MR) is 75.5 cm³/mol. The topological polar surface area (TPSA) is 130 Å². The number of rotatable bonds is 4. The van der Waals surface area contributed by atoms with Crippen molar-refractivity contribution in [2.45, 2.75) is 31.5 Å². The lowest BCUT2D eigenvalue weighted by Crippen LogP contribution is -2.33. The molecular formula is C12H16N3O6P. The summed E-state index contributed by atoms with van der Waals surface area (Å²) in [5.41, 5.74) is 1.37. The van der Waals surface area contributed by atoms with Crippen LogP contribution in [0.5, 0.6) is 0 Å². The van der Waals surface area contributed by atoms with Gasteiger partial charge in [-0.3, -0.25) is 0 Å². The molecule has 9 nitrogen and oxygen atoms in total. The molecule has 4 atom stereocenters. The number of ether oxygens (including phenoxy) is 1. The van der Waals surface area contributed by atoms with Crippen LogP contribution < -0.4 is 0 Å². The van der Waals surface area contributed by atoms with E-state index in [1.165, 1.54) is 6.33 Å². The quantitative estimate of drug-likeness (QED) is 0.557. The van der Waals surface area contributed by atoms with Gasteiger partial charge < -0.3 is 33.8 Å². The van der Waals surface area contributed by atoms with E-state index in [4.69, 9.17) is 14.5 Å². The average molecular weight is 329 g/mol. The highest BCUT2D eigenvalue weighted by molar-refractivity contribution is 7.39. The van der Waals surface area contributed by atoms with E-state index in [0.717, 1.165) is 11.1 Å². The van der Waals surface area contributed by atoms with Gasteiger partial charge in [-0.25, -0.2) is 9.97 Å². The molecule has 1 saturated heterocycles. The molecule has 0 radical (unpaired) electrons. The van der Waals surface area contributed by atoms with Crippen molar-refractivity contribution in [3.63, 3.8) is 0 Å². The Morgan fingerprint density at radius 2 is 2.09 bits per heavy atom. The molecule has 1 fully saturated rings. The molecule has 1 aliphatic heterocycles. The highest BCUT2D eigenvalue weighted by Gasteiger charge is 2.44. The van der Waals surface area contributed by atoms with Crippen molar-refractivity contribution in [1.29, 1.82) is 0 Å². The zero-order chi connectivity index (χ0) is 15.9. The van der Waals surface area contributed by atoms with E-state index in [1.54, 1.807) is 16.8 Å². The van der Waals surface area contributed by atoms with Crippen molar-refractivity contribution in [3.8, 4) is 0 Å². The van der Waals surface area contributed by atoms with E-state index in [-0.39, 0.29) is 6.61 Å². The lowest BCUT2D eigenvalue weighted by molar-refractivity contribution is -0.0482. The zero-order valence-electron chi connectivity index (χ0n) is 11.6. The van der Waals surface area contributed by atoms with Crippen molar-refractivity contribution in [2.24, 2.45) is 0 Å². The number of aliphatic hydroxyl groups is 2. The Morgan fingerprint density at radius 1 is 1.32 bits per heavy atom. The van der Waals surface area contributed by atoms with E-state index in [2.05, 4.69) is 14.5 Å². The summed E-state index contributed by atoms with van der Waals surface area (Å²) in [6.07, 6.45) is -1.01. The van der Waals surface area contributed by atoms with E-state index in [0.29, 0.717) is 5.65 Å². The van der Waals surface area contributed by atoms with Gasteiger partial charge in [0.25, 0.3) is 0 Å². The van der Waals surface area contributed by atoms with Gasteiger partial charge in [0.05, 0.1) is 12.3 Å². The van der Waals surface area contributed by atoms with Crippen molar-refractivity contribution in [3.05, 3.63) is 24.3 Å². The van der Waals surface area contributed by atoms with Gasteiger partial charge >= 0.3 is 8.60 Å². The maximum absolute atomic E-state index is 10.2. The molecule has 0 aromatic carbocycles. The number of aryl methyl sites for hydroxylation is 1. The Labute approximate surface area is 126 Å². The van der Waals surface area contributed by atoms with Gasteiger partial charge in [0, 0.05) is 11.6 Å². The van der Waals surface area contributed by atoms with E-state index < -0.39 is 33.1 Å². The lowest BCUT2D eigenvalue weighted by Gasteiger charge is -2.17. The highest BCUT2D eigenvalue weighted by Crippen LogP contribution is 2.34. The SMILES string of the molecule is Cc1ncnc2c1ccn2[C@@H]1O[C@H](COP(O)O)[C@@H](O)[C@H]1O. The molecule has 0 saturated carbocycles. The third-order valence-electron chi connectivity index (χ3n) is 3.67. The van der Waals surface area contributed by atoms with Crippen LogP contribution in [0, 0.1) is 6.92 Å². The minimum Gasteiger partial charge on any atom is -0.387 e. The first kappa shape index (κ1) is 15.7. The predicted octanol–water partition coefficient (Wildman–Crippen LogP) is -0.413. The van der Waals surface area contributed by atoms with Gasteiger partial charge in [-0.1, -0.05) is 0 Å². The molecule has 0 unspecified atom stereocenters. The monoisotopic (exact) mass is 329 g/mol. The van der Waals surface area contributed by atoms with Gasteiger partial charge in [-0.15, -0.1) is 0 Å².